The number of anilines is 2. The third-order valence-electron chi connectivity index (χ3n) is 3.55. The molecule has 2 aromatic carbocycles. The first-order valence-corrected chi connectivity index (χ1v) is 9.16. The van der Waals surface area contributed by atoms with Crippen molar-refractivity contribution in [3.63, 3.8) is 0 Å². The molecule has 5 heteroatoms. The number of hydrogen-bond donors (Lipinski definition) is 2. The maximum atomic E-state index is 12.2. The van der Waals surface area contributed by atoms with Crippen LogP contribution in [0.5, 0.6) is 0 Å². The van der Waals surface area contributed by atoms with Crippen LogP contribution in [-0.4, -0.2) is 24.4 Å². The lowest BCUT2D eigenvalue weighted by Gasteiger charge is -2.19. The number of nitrogen functional groups attached to an aromatic ring is 1. The quantitative estimate of drug-likeness (QED) is 0.562. The second kappa shape index (κ2) is 9.23. The van der Waals surface area contributed by atoms with E-state index in [1.807, 2.05) is 50.2 Å². The van der Waals surface area contributed by atoms with Crippen molar-refractivity contribution in [2.45, 2.75) is 25.6 Å². The summed E-state index contributed by atoms with van der Waals surface area (Å²) in [6, 6.07) is 15.5. The Bertz CT molecular complexity index is 662. The summed E-state index contributed by atoms with van der Waals surface area (Å²) < 4.78 is 5.20. The zero-order chi connectivity index (χ0) is 17.4. The molecule has 2 rings (SSSR count). The first-order chi connectivity index (χ1) is 11.6. The zero-order valence-corrected chi connectivity index (χ0v) is 14.9. The Kier molecular flexibility index (Phi) is 7.00. The van der Waals surface area contributed by atoms with Crippen LogP contribution in [0.15, 0.2) is 48.5 Å². The van der Waals surface area contributed by atoms with Crippen molar-refractivity contribution in [1.29, 1.82) is 0 Å². The molecule has 3 N–H and O–H groups in total. The van der Waals surface area contributed by atoms with E-state index in [2.05, 4.69) is 17.4 Å². The van der Waals surface area contributed by atoms with Crippen LogP contribution in [0, 0.1) is 6.92 Å². The van der Waals surface area contributed by atoms with Crippen LogP contribution in [0.3, 0.4) is 0 Å². The average Bonchev–Trinajstić information content (AvgIpc) is 2.57. The molecule has 0 spiro atoms. The van der Waals surface area contributed by atoms with E-state index in [1.165, 1.54) is 5.56 Å². The fourth-order valence-electron chi connectivity index (χ4n) is 2.32. The Morgan fingerprint density at radius 1 is 1.25 bits per heavy atom. The van der Waals surface area contributed by atoms with E-state index in [0.717, 1.165) is 17.0 Å². The number of nitrogens with two attached hydrogens (primary N) is 1. The molecule has 0 amide bonds. The van der Waals surface area contributed by atoms with Crippen molar-refractivity contribution in [2.24, 2.45) is 0 Å². The third-order valence-corrected chi connectivity index (χ3v) is 4.65. The first kappa shape index (κ1) is 18.2. The van der Waals surface area contributed by atoms with Gasteiger partial charge in [0, 0.05) is 22.9 Å². The number of aryl methyl sites for hydroxylation is 1. The molecule has 0 heterocycles. The fraction of sp³-hybridized carbons (Fsp3) is 0.316. The molecule has 0 saturated heterocycles. The van der Waals surface area contributed by atoms with Crippen LogP contribution in [0.25, 0.3) is 0 Å². The van der Waals surface area contributed by atoms with Crippen LogP contribution in [0.4, 0.5) is 11.4 Å². The van der Waals surface area contributed by atoms with E-state index < -0.39 is 0 Å². The molecular formula is C19H24N2O2S. The van der Waals surface area contributed by atoms with Gasteiger partial charge in [-0.05, 0) is 43.2 Å². The summed E-state index contributed by atoms with van der Waals surface area (Å²) in [5.74, 6) is 1.27. The second-order valence-corrected chi connectivity index (χ2v) is 6.55. The van der Waals surface area contributed by atoms with Crippen molar-refractivity contribution < 1.29 is 9.53 Å². The van der Waals surface area contributed by atoms with Crippen molar-refractivity contribution in [1.82, 2.24) is 0 Å². The Labute approximate surface area is 147 Å². The Morgan fingerprint density at radius 3 is 2.67 bits per heavy atom. The molecular weight excluding hydrogens is 320 g/mol. The van der Waals surface area contributed by atoms with Crippen molar-refractivity contribution in [3.8, 4) is 0 Å². The van der Waals surface area contributed by atoms with Gasteiger partial charge in [-0.2, -0.15) is 11.8 Å². The van der Waals surface area contributed by atoms with Gasteiger partial charge in [0.1, 0.15) is 6.04 Å². The van der Waals surface area contributed by atoms with Crippen LogP contribution in [0.1, 0.15) is 18.1 Å². The predicted molar refractivity (Wildman–Crippen MR) is 102 cm³/mol. The van der Waals surface area contributed by atoms with Gasteiger partial charge in [0.2, 0.25) is 0 Å². The normalized spacial score (nSPS) is 11.8. The average molecular weight is 344 g/mol. The molecule has 2 aromatic rings. The number of ether oxygens (including phenoxy) is 1. The number of nitrogens with one attached hydrogen (secondary N) is 1. The summed E-state index contributed by atoms with van der Waals surface area (Å²) in [6.07, 6.45) is 0. The monoisotopic (exact) mass is 344 g/mol. The van der Waals surface area contributed by atoms with Gasteiger partial charge >= 0.3 is 5.97 Å². The maximum absolute atomic E-state index is 12.2. The number of carbonyl (C=O) groups excluding carboxylic acids is 1. The van der Waals surface area contributed by atoms with Gasteiger partial charge in [-0.1, -0.05) is 30.3 Å². The number of thioether (sulfide) groups is 1. The number of carbonyl (C=O) groups is 1. The summed E-state index contributed by atoms with van der Waals surface area (Å²) in [7, 11) is 0. The minimum atomic E-state index is -0.388. The highest BCUT2D eigenvalue weighted by molar-refractivity contribution is 7.98. The highest BCUT2D eigenvalue weighted by Gasteiger charge is 2.20. The summed E-state index contributed by atoms with van der Waals surface area (Å²) >= 11 is 1.71. The van der Waals surface area contributed by atoms with Crippen LogP contribution in [0.2, 0.25) is 0 Å². The largest absolute Gasteiger partial charge is 0.464 e. The summed E-state index contributed by atoms with van der Waals surface area (Å²) in [4.78, 5) is 12.2. The van der Waals surface area contributed by atoms with Crippen LogP contribution in [-0.2, 0) is 15.3 Å². The van der Waals surface area contributed by atoms with E-state index in [4.69, 9.17) is 10.5 Å². The molecule has 0 aliphatic heterocycles. The van der Waals surface area contributed by atoms with E-state index >= 15 is 0 Å². The molecule has 0 bridgehead atoms. The van der Waals surface area contributed by atoms with E-state index in [9.17, 15) is 4.79 Å². The molecule has 0 aliphatic rings. The molecule has 0 fully saturated rings. The highest BCUT2D eigenvalue weighted by atomic mass is 32.2. The predicted octanol–water partition coefficient (Wildman–Crippen LogP) is 3.85. The van der Waals surface area contributed by atoms with Crippen LogP contribution < -0.4 is 11.1 Å². The molecule has 24 heavy (non-hydrogen) atoms. The van der Waals surface area contributed by atoms with Gasteiger partial charge in [0.25, 0.3) is 0 Å². The molecule has 0 aromatic heterocycles. The Morgan fingerprint density at radius 2 is 2.00 bits per heavy atom. The lowest BCUT2D eigenvalue weighted by atomic mass is 10.1. The molecule has 1 atom stereocenters. The molecule has 128 valence electrons. The minimum Gasteiger partial charge on any atom is -0.464 e. The lowest BCUT2D eigenvalue weighted by molar-refractivity contribution is -0.143. The van der Waals surface area contributed by atoms with Gasteiger partial charge in [-0.3, -0.25) is 0 Å². The summed E-state index contributed by atoms with van der Waals surface area (Å²) in [5, 5.41) is 3.29. The number of rotatable bonds is 8. The first-order valence-electron chi connectivity index (χ1n) is 8.01. The van der Waals surface area contributed by atoms with Gasteiger partial charge < -0.3 is 15.8 Å². The Balaban J connectivity index is 2.00. The highest BCUT2D eigenvalue weighted by Crippen LogP contribution is 2.21. The topological polar surface area (TPSA) is 64.3 Å². The second-order valence-electron chi connectivity index (χ2n) is 5.52. The fourth-order valence-corrected chi connectivity index (χ4v) is 3.32. The molecule has 0 aliphatic carbocycles. The van der Waals surface area contributed by atoms with E-state index in [1.54, 1.807) is 11.8 Å². The smallest absolute Gasteiger partial charge is 0.329 e. The number of esters is 1. The Hall–Kier alpha value is -2.14. The van der Waals surface area contributed by atoms with Gasteiger partial charge in [-0.15, -0.1) is 0 Å². The number of benzene rings is 2. The van der Waals surface area contributed by atoms with Crippen molar-refractivity contribution >= 4 is 29.1 Å². The van der Waals surface area contributed by atoms with Crippen molar-refractivity contribution in [3.05, 3.63) is 59.7 Å². The van der Waals surface area contributed by atoms with Gasteiger partial charge in [0.15, 0.2) is 0 Å². The van der Waals surface area contributed by atoms with Gasteiger partial charge in [0.05, 0.1) is 6.61 Å². The zero-order valence-electron chi connectivity index (χ0n) is 14.1. The minimum absolute atomic E-state index is 0.228. The lowest BCUT2D eigenvalue weighted by Crippen LogP contribution is -2.34. The van der Waals surface area contributed by atoms with Crippen LogP contribution >= 0.6 is 11.8 Å². The number of hydrogen-bond acceptors (Lipinski definition) is 5. The third kappa shape index (κ3) is 5.49. The summed E-state index contributed by atoms with van der Waals surface area (Å²) in [6.45, 7) is 4.17. The maximum Gasteiger partial charge on any atom is 0.329 e. The SMILES string of the molecule is CCOC(=O)C(CSCc1ccccc1)Nc1ccc(N)cc1C. The van der Waals surface area contributed by atoms with Gasteiger partial charge in [-0.25, -0.2) is 4.79 Å². The molecule has 0 saturated carbocycles. The van der Waals surface area contributed by atoms with E-state index in [0.29, 0.717) is 18.0 Å². The van der Waals surface area contributed by atoms with Crippen molar-refractivity contribution in [2.75, 3.05) is 23.4 Å². The molecule has 4 nitrogen and oxygen atoms in total. The summed E-state index contributed by atoms with van der Waals surface area (Å²) in [5.41, 5.74) is 9.66. The molecule has 0 radical (unpaired) electrons. The van der Waals surface area contributed by atoms with E-state index in [-0.39, 0.29) is 12.0 Å². The molecule has 1 unspecified atom stereocenters. The standard InChI is InChI=1S/C19H24N2O2S/c1-3-23-19(22)18(13-24-12-15-7-5-4-6-8-15)21-17-10-9-16(20)11-14(17)2/h4-11,18,21H,3,12-13,20H2,1-2H3.